The van der Waals surface area contributed by atoms with Crippen molar-refractivity contribution in [3.63, 3.8) is 0 Å². The van der Waals surface area contributed by atoms with E-state index >= 15 is 0 Å². The Balaban J connectivity index is 1.39. The van der Waals surface area contributed by atoms with Gasteiger partial charge in [0.1, 0.15) is 0 Å². The largest absolute Gasteiger partial charge is 0.378 e. The van der Waals surface area contributed by atoms with Crippen LogP contribution in [0.2, 0.25) is 0 Å². The Morgan fingerprint density at radius 2 is 1.79 bits per heavy atom. The number of hydrogen-bond donors (Lipinski definition) is 2. The van der Waals surface area contributed by atoms with Gasteiger partial charge in [-0.1, -0.05) is 42.5 Å². The van der Waals surface area contributed by atoms with Gasteiger partial charge in [0.15, 0.2) is 0 Å². The first kappa shape index (κ1) is 22.3. The van der Waals surface area contributed by atoms with Crippen LogP contribution in [-0.2, 0) is 0 Å². The van der Waals surface area contributed by atoms with Crippen molar-refractivity contribution in [3.8, 4) is 0 Å². The molecule has 0 bridgehead atoms. The number of carbonyl (C=O) groups excluding carboxylic acids is 1. The number of allylic oxidation sites excluding steroid dienone is 2. The molecule has 0 radical (unpaired) electrons. The van der Waals surface area contributed by atoms with Crippen LogP contribution in [-0.4, -0.2) is 19.0 Å². The van der Waals surface area contributed by atoms with E-state index < -0.39 is 0 Å². The van der Waals surface area contributed by atoms with Gasteiger partial charge in [0.25, 0.3) is 5.91 Å². The predicted octanol–water partition coefficient (Wildman–Crippen LogP) is 6.92. The molecule has 34 heavy (non-hydrogen) atoms. The number of amides is 1. The molecule has 0 aromatic heterocycles. The van der Waals surface area contributed by atoms with E-state index in [1.807, 2.05) is 37.3 Å². The van der Waals surface area contributed by atoms with Gasteiger partial charge in [0.2, 0.25) is 0 Å². The van der Waals surface area contributed by atoms with Crippen molar-refractivity contribution >= 4 is 23.0 Å². The monoisotopic (exact) mass is 451 g/mol. The molecular formula is C30H33N3O. The van der Waals surface area contributed by atoms with Crippen molar-refractivity contribution in [2.45, 2.75) is 39.2 Å². The second-order valence-corrected chi connectivity index (χ2v) is 9.31. The van der Waals surface area contributed by atoms with Crippen LogP contribution in [0.3, 0.4) is 0 Å². The number of carbonyl (C=O) groups is 1. The first-order valence-corrected chi connectivity index (χ1v) is 12.4. The van der Waals surface area contributed by atoms with Crippen molar-refractivity contribution < 1.29 is 4.79 Å². The van der Waals surface area contributed by atoms with Crippen LogP contribution < -0.4 is 15.5 Å². The van der Waals surface area contributed by atoms with Gasteiger partial charge in [-0.05, 0) is 86.2 Å². The summed E-state index contributed by atoms with van der Waals surface area (Å²) in [6.07, 6.45) is 5.70. The predicted molar refractivity (Wildman–Crippen MR) is 142 cm³/mol. The van der Waals surface area contributed by atoms with Crippen LogP contribution in [0.25, 0.3) is 0 Å². The van der Waals surface area contributed by atoms with Gasteiger partial charge in [0, 0.05) is 41.6 Å². The summed E-state index contributed by atoms with van der Waals surface area (Å²) in [7, 11) is 0. The fraction of sp³-hybridized carbons (Fsp3) is 0.300. The van der Waals surface area contributed by atoms with Crippen LogP contribution >= 0.6 is 0 Å². The average Bonchev–Trinajstić information content (AvgIpc) is 3.36. The molecule has 4 nitrogen and oxygen atoms in total. The molecule has 1 heterocycles. The van der Waals surface area contributed by atoms with Crippen LogP contribution in [0.1, 0.15) is 59.3 Å². The highest BCUT2D eigenvalue weighted by molar-refractivity contribution is 6.05. The highest BCUT2D eigenvalue weighted by Gasteiger charge is 2.38. The molecule has 5 rings (SSSR count). The molecule has 0 fully saturated rings. The normalized spacial score (nSPS) is 20.3. The Bertz CT molecular complexity index is 1210. The van der Waals surface area contributed by atoms with E-state index in [2.05, 4.69) is 77.9 Å². The molecule has 4 heteroatoms. The summed E-state index contributed by atoms with van der Waals surface area (Å²) >= 11 is 0. The van der Waals surface area contributed by atoms with Crippen molar-refractivity contribution in [2.24, 2.45) is 5.92 Å². The van der Waals surface area contributed by atoms with E-state index in [1.54, 1.807) is 0 Å². The van der Waals surface area contributed by atoms with E-state index in [1.165, 1.54) is 16.8 Å². The van der Waals surface area contributed by atoms with Crippen LogP contribution in [0.15, 0.2) is 78.9 Å². The smallest absolute Gasteiger partial charge is 0.255 e. The van der Waals surface area contributed by atoms with Gasteiger partial charge in [0.05, 0.1) is 6.04 Å². The zero-order valence-electron chi connectivity index (χ0n) is 20.2. The minimum absolute atomic E-state index is 0.0634. The zero-order chi connectivity index (χ0) is 23.7. The average molecular weight is 452 g/mol. The summed E-state index contributed by atoms with van der Waals surface area (Å²) in [6, 6.07) is 23.3. The topological polar surface area (TPSA) is 44.4 Å². The number of hydrogen-bond acceptors (Lipinski definition) is 3. The lowest BCUT2D eigenvalue weighted by Gasteiger charge is -2.38. The van der Waals surface area contributed by atoms with Crippen LogP contribution in [0, 0.1) is 12.8 Å². The van der Waals surface area contributed by atoms with Crippen molar-refractivity contribution in [1.82, 2.24) is 0 Å². The zero-order valence-corrected chi connectivity index (χ0v) is 20.2. The maximum atomic E-state index is 12.8. The number of nitrogens with zero attached hydrogens (tertiary/aromatic N) is 1. The molecule has 3 atom stereocenters. The molecule has 0 spiro atoms. The van der Waals surface area contributed by atoms with Gasteiger partial charge in [-0.2, -0.15) is 0 Å². The Kier molecular flexibility index (Phi) is 6.14. The Hall–Kier alpha value is -3.53. The fourth-order valence-electron chi connectivity index (χ4n) is 5.51. The van der Waals surface area contributed by atoms with E-state index in [0.717, 1.165) is 36.4 Å². The third-order valence-electron chi connectivity index (χ3n) is 7.39. The molecule has 3 aromatic carbocycles. The summed E-state index contributed by atoms with van der Waals surface area (Å²) < 4.78 is 0. The lowest BCUT2D eigenvalue weighted by atomic mass is 9.77. The summed E-state index contributed by atoms with van der Waals surface area (Å²) in [6.45, 7) is 8.39. The Morgan fingerprint density at radius 3 is 2.53 bits per heavy atom. The molecule has 2 N–H and O–H groups in total. The lowest BCUT2D eigenvalue weighted by molar-refractivity contribution is 0.102. The number of fused-ring (bicyclic) bond motifs is 3. The number of anilines is 3. The molecule has 0 saturated heterocycles. The highest BCUT2D eigenvalue weighted by atomic mass is 16.1. The third kappa shape index (κ3) is 4.09. The lowest BCUT2D eigenvalue weighted by Crippen LogP contribution is -2.29. The maximum absolute atomic E-state index is 12.8. The summed E-state index contributed by atoms with van der Waals surface area (Å²) in [5.41, 5.74) is 7.56. The standard InChI is InChI=1S/C30H33N3O/c1-4-33(5-2)23-16-13-21(14-17-23)29-26-12-8-11-25(26)27-19-22(15-18-28(27)32-29)31-30(34)24-10-7-6-9-20(24)3/h6-11,13-19,25-26,29,32H,4-5,12H2,1-3H3,(H,31,34). The van der Waals surface area contributed by atoms with Gasteiger partial charge in [-0.15, -0.1) is 0 Å². The summed E-state index contributed by atoms with van der Waals surface area (Å²) in [4.78, 5) is 15.2. The molecular weight excluding hydrogens is 418 g/mol. The minimum Gasteiger partial charge on any atom is -0.378 e. The third-order valence-corrected chi connectivity index (χ3v) is 7.39. The first-order chi connectivity index (χ1) is 16.6. The van der Waals surface area contributed by atoms with Crippen molar-refractivity contribution in [1.29, 1.82) is 0 Å². The molecule has 3 aromatic rings. The van der Waals surface area contributed by atoms with Crippen LogP contribution in [0.4, 0.5) is 17.1 Å². The van der Waals surface area contributed by atoms with Crippen molar-refractivity contribution in [2.75, 3.05) is 28.6 Å². The maximum Gasteiger partial charge on any atom is 0.255 e. The number of rotatable bonds is 6. The molecule has 2 aliphatic rings. The van der Waals surface area contributed by atoms with Gasteiger partial charge < -0.3 is 15.5 Å². The van der Waals surface area contributed by atoms with E-state index in [9.17, 15) is 4.79 Å². The van der Waals surface area contributed by atoms with Crippen molar-refractivity contribution in [3.05, 3.63) is 101 Å². The van der Waals surface area contributed by atoms with Crippen LogP contribution in [0.5, 0.6) is 0 Å². The molecule has 1 amide bonds. The molecule has 174 valence electrons. The van der Waals surface area contributed by atoms with Gasteiger partial charge in [-0.3, -0.25) is 4.79 Å². The Morgan fingerprint density at radius 1 is 1.03 bits per heavy atom. The van der Waals surface area contributed by atoms with Gasteiger partial charge in [-0.25, -0.2) is 0 Å². The molecule has 0 saturated carbocycles. The quantitative estimate of drug-likeness (QED) is 0.400. The van der Waals surface area contributed by atoms with Gasteiger partial charge >= 0.3 is 0 Å². The molecule has 3 unspecified atom stereocenters. The second kappa shape index (κ2) is 9.38. The SMILES string of the molecule is CCN(CC)c1ccc(C2Nc3ccc(NC(=O)c4ccccc4C)cc3C3C=CCC32)cc1. The van der Waals surface area contributed by atoms with E-state index in [4.69, 9.17) is 0 Å². The number of benzene rings is 3. The first-order valence-electron chi connectivity index (χ1n) is 12.4. The minimum atomic E-state index is -0.0634. The molecule has 1 aliphatic carbocycles. The molecule has 1 aliphatic heterocycles. The second-order valence-electron chi connectivity index (χ2n) is 9.31. The van der Waals surface area contributed by atoms with E-state index in [0.29, 0.717) is 17.4 Å². The summed E-state index contributed by atoms with van der Waals surface area (Å²) in [5, 5.41) is 6.92. The summed E-state index contributed by atoms with van der Waals surface area (Å²) in [5.74, 6) is 0.750. The fourth-order valence-corrected chi connectivity index (χ4v) is 5.51. The Labute approximate surface area is 202 Å². The number of nitrogens with one attached hydrogen (secondary N) is 2. The van der Waals surface area contributed by atoms with E-state index in [-0.39, 0.29) is 11.9 Å². The highest BCUT2D eigenvalue weighted by Crippen LogP contribution is 2.50. The number of aryl methyl sites for hydroxylation is 1.